The van der Waals surface area contributed by atoms with Gasteiger partial charge in [0.05, 0.1) is 0 Å². The van der Waals surface area contributed by atoms with Crippen molar-refractivity contribution in [3.8, 4) is 0 Å². The van der Waals surface area contributed by atoms with Crippen LogP contribution in [-0.4, -0.2) is 27.2 Å². The zero-order chi connectivity index (χ0) is 12.1. The molecule has 0 radical (unpaired) electrons. The van der Waals surface area contributed by atoms with Crippen molar-refractivity contribution in [3.63, 3.8) is 0 Å². The van der Waals surface area contributed by atoms with E-state index in [-0.39, 0.29) is 5.41 Å². The molecule has 2 rings (SSSR count). The molecular formula is C15H20N2. The van der Waals surface area contributed by atoms with Crippen molar-refractivity contribution in [2.45, 2.75) is 0 Å². The van der Waals surface area contributed by atoms with Crippen LogP contribution in [0.1, 0.15) is 5.56 Å². The maximum atomic E-state index is 3.30. The van der Waals surface area contributed by atoms with Gasteiger partial charge in [-0.2, -0.15) is 0 Å². The first-order chi connectivity index (χ1) is 8.32. The largest absolute Gasteiger partial charge is 0.318 e. The summed E-state index contributed by atoms with van der Waals surface area (Å²) >= 11 is 0. The predicted octanol–water partition coefficient (Wildman–Crippen LogP) is 2.06. The van der Waals surface area contributed by atoms with E-state index in [1.165, 1.54) is 11.1 Å². The monoisotopic (exact) mass is 228 g/mol. The minimum Gasteiger partial charge on any atom is -0.318 e. The van der Waals surface area contributed by atoms with E-state index in [0.717, 1.165) is 13.1 Å². The summed E-state index contributed by atoms with van der Waals surface area (Å²) in [7, 11) is 4.01. The molecule has 0 heterocycles. The normalized spacial score (nSPS) is 17.2. The van der Waals surface area contributed by atoms with Gasteiger partial charge in [0.2, 0.25) is 0 Å². The van der Waals surface area contributed by atoms with Gasteiger partial charge in [0, 0.05) is 18.5 Å². The lowest BCUT2D eigenvalue weighted by Crippen LogP contribution is -2.39. The van der Waals surface area contributed by atoms with Gasteiger partial charge in [0.15, 0.2) is 0 Å². The SMILES string of the molecule is CNCC1(CNC)C=CC=C1c1ccccc1. The molecule has 1 aromatic rings. The number of rotatable bonds is 5. The molecule has 0 aromatic heterocycles. The van der Waals surface area contributed by atoms with E-state index in [1.807, 2.05) is 14.1 Å². The van der Waals surface area contributed by atoms with E-state index in [4.69, 9.17) is 0 Å². The van der Waals surface area contributed by atoms with Crippen molar-refractivity contribution >= 4 is 5.57 Å². The fourth-order valence-corrected chi connectivity index (χ4v) is 2.59. The molecule has 0 saturated heterocycles. The third-order valence-corrected chi connectivity index (χ3v) is 3.28. The van der Waals surface area contributed by atoms with Crippen LogP contribution in [0.15, 0.2) is 48.6 Å². The van der Waals surface area contributed by atoms with Crippen molar-refractivity contribution in [1.82, 2.24) is 10.6 Å². The van der Waals surface area contributed by atoms with Crippen LogP contribution in [-0.2, 0) is 0 Å². The van der Waals surface area contributed by atoms with E-state index in [0.29, 0.717) is 0 Å². The molecule has 1 aliphatic carbocycles. The maximum absolute atomic E-state index is 3.30. The van der Waals surface area contributed by atoms with Crippen molar-refractivity contribution in [2.24, 2.45) is 5.41 Å². The molecule has 0 bridgehead atoms. The predicted molar refractivity (Wildman–Crippen MR) is 73.8 cm³/mol. The highest BCUT2D eigenvalue weighted by Crippen LogP contribution is 2.39. The van der Waals surface area contributed by atoms with Gasteiger partial charge in [-0.25, -0.2) is 0 Å². The lowest BCUT2D eigenvalue weighted by Gasteiger charge is -2.31. The zero-order valence-corrected chi connectivity index (χ0v) is 10.5. The summed E-state index contributed by atoms with van der Waals surface area (Å²) in [4.78, 5) is 0. The molecular weight excluding hydrogens is 208 g/mol. The smallest absolute Gasteiger partial charge is 0.0390 e. The Balaban J connectivity index is 2.33. The number of allylic oxidation sites excluding steroid dienone is 2. The van der Waals surface area contributed by atoms with Crippen LogP contribution in [0.5, 0.6) is 0 Å². The van der Waals surface area contributed by atoms with Crippen LogP contribution >= 0.6 is 0 Å². The molecule has 0 aliphatic heterocycles. The highest BCUT2D eigenvalue weighted by atomic mass is 14.9. The highest BCUT2D eigenvalue weighted by molar-refractivity contribution is 5.77. The van der Waals surface area contributed by atoms with Gasteiger partial charge in [-0.3, -0.25) is 0 Å². The summed E-state index contributed by atoms with van der Waals surface area (Å²) in [6.45, 7) is 1.90. The van der Waals surface area contributed by atoms with Crippen LogP contribution in [0.25, 0.3) is 5.57 Å². The van der Waals surface area contributed by atoms with E-state index >= 15 is 0 Å². The van der Waals surface area contributed by atoms with Gasteiger partial charge in [-0.15, -0.1) is 0 Å². The second-order valence-electron chi connectivity index (χ2n) is 4.52. The van der Waals surface area contributed by atoms with E-state index in [2.05, 4.69) is 59.2 Å². The minimum absolute atomic E-state index is 0.0743. The Hall–Kier alpha value is -1.38. The molecule has 0 unspecified atom stereocenters. The highest BCUT2D eigenvalue weighted by Gasteiger charge is 2.33. The average molecular weight is 228 g/mol. The molecule has 0 saturated carbocycles. The first-order valence-corrected chi connectivity index (χ1v) is 6.07. The van der Waals surface area contributed by atoms with E-state index < -0.39 is 0 Å². The van der Waals surface area contributed by atoms with Gasteiger partial charge >= 0.3 is 0 Å². The summed E-state index contributed by atoms with van der Waals surface area (Å²) in [6.07, 6.45) is 6.68. The van der Waals surface area contributed by atoms with Crippen LogP contribution in [0.4, 0.5) is 0 Å². The van der Waals surface area contributed by atoms with Gasteiger partial charge in [0.25, 0.3) is 0 Å². The summed E-state index contributed by atoms with van der Waals surface area (Å²) < 4.78 is 0. The van der Waals surface area contributed by atoms with Crippen LogP contribution < -0.4 is 10.6 Å². The van der Waals surface area contributed by atoms with E-state index in [1.54, 1.807) is 0 Å². The molecule has 2 heteroatoms. The van der Waals surface area contributed by atoms with E-state index in [9.17, 15) is 0 Å². The Morgan fingerprint density at radius 1 is 1.00 bits per heavy atom. The van der Waals surface area contributed by atoms with Crippen molar-refractivity contribution < 1.29 is 0 Å². The average Bonchev–Trinajstić information content (AvgIpc) is 2.75. The molecule has 1 aromatic carbocycles. The lowest BCUT2D eigenvalue weighted by atomic mass is 9.79. The summed E-state index contributed by atoms with van der Waals surface area (Å²) in [5, 5.41) is 6.61. The minimum atomic E-state index is 0.0743. The Morgan fingerprint density at radius 2 is 1.65 bits per heavy atom. The van der Waals surface area contributed by atoms with Crippen molar-refractivity contribution in [1.29, 1.82) is 0 Å². The molecule has 90 valence electrons. The van der Waals surface area contributed by atoms with Crippen molar-refractivity contribution in [3.05, 3.63) is 54.1 Å². The second kappa shape index (κ2) is 5.30. The van der Waals surface area contributed by atoms with Gasteiger partial charge in [-0.05, 0) is 25.2 Å². The third kappa shape index (κ3) is 2.33. The summed E-state index contributed by atoms with van der Waals surface area (Å²) in [5.41, 5.74) is 2.77. The second-order valence-corrected chi connectivity index (χ2v) is 4.52. The standard InChI is InChI=1S/C15H20N2/c1-16-11-15(12-17-2)10-6-9-14(15)13-7-4-3-5-8-13/h3-10,16-17H,11-12H2,1-2H3. The van der Waals surface area contributed by atoms with Crippen LogP contribution in [0, 0.1) is 5.41 Å². The van der Waals surface area contributed by atoms with Gasteiger partial charge in [0.1, 0.15) is 0 Å². The Morgan fingerprint density at radius 3 is 2.24 bits per heavy atom. The van der Waals surface area contributed by atoms with Gasteiger partial charge < -0.3 is 10.6 Å². The molecule has 2 N–H and O–H groups in total. The maximum Gasteiger partial charge on any atom is 0.0390 e. The van der Waals surface area contributed by atoms with Crippen LogP contribution in [0.2, 0.25) is 0 Å². The number of benzene rings is 1. The fourth-order valence-electron chi connectivity index (χ4n) is 2.59. The van der Waals surface area contributed by atoms with Crippen LogP contribution in [0.3, 0.4) is 0 Å². The first kappa shape index (κ1) is 12.1. The Labute approximate surface area is 103 Å². The molecule has 2 nitrogen and oxygen atoms in total. The van der Waals surface area contributed by atoms with Gasteiger partial charge in [-0.1, -0.05) is 48.6 Å². The number of hydrogen-bond donors (Lipinski definition) is 2. The topological polar surface area (TPSA) is 24.1 Å². The number of hydrogen-bond acceptors (Lipinski definition) is 2. The lowest BCUT2D eigenvalue weighted by molar-refractivity contribution is 0.464. The Bertz CT molecular complexity index is 412. The molecule has 0 spiro atoms. The van der Waals surface area contributed by atoms with Crippen molar-refractivity contribution in [2.75, 3.05) is 27.2 Å². The molecule has 1 aliphatic rings. The quantitative estimate of drug-likeness (QED) is 0.806. The molecule has 17 heavy (non-hydrogen) atoms. The first-order valence-electron chi connectivity index (χ1n) is 6.07. The molecule has 0 atom stereocenters. The molecule has 0 amide bonds. The summed E-state index contributed by atoms with van der Waals surface area (Å²) in [5.74, 6) is 0. The third-order valence-electron chi connectivity index (χ3n) is 3.28. The molecule has 0 fully saturated rings. The Kier molecular flexibility index (Phi) is 3.77. The zero-order valence-electron chi connectivity index (χ0n) is 10.5. The fraction of sp³-hybridized carbons (Fsp3) is 0.333. The summed E-state index contributed by atoms with van der Waals surface area (Å²) in [6, 6.07) is 10.6. The number of nitrogens with one attached hydrogen (secondary N) is 2.